The summed E-state index contributed by atoms with van der Waals surface area (Å²) in [4.78, 5) is 0.338. The molecule has 0 aromatic heterocycles. The zero-order valence-electron chi connectivity index (χ0n) is 9.23. The fourth-order valence-electron chi connectivity index (χ4n) is 1.76. The Kier molecular flexibility index (Phi) is 3.28. The van der Waals surface area contributed by atoms with E-state index in [2.05, 4.69) is 10.0 Å². The van der Waals surface area contributed by atoms with Gasteiger partial charge in [-0.3, -0.25) is 0 Å². The molecule has 0 amide bonds. The molecule has 1 aliphatic rings. The standard InChI is InChI=1S/C11H16N2O2S/c1-9-2-4-11(5-3-9)16(14,15)13-10-6-7-12-8-10/h2-5,10,12-13H,6-8H2,1H3/t10-/m1/s1. The maximum atomic E-state index is 12.0. The van der Waals surface area contributed by atoms with Crippen LogP contribution in [-0.4, -0.2) is 27.5 Å². The monoisotopic (exact) mass is 240 g/mol. The number of hydrogen-bond acceptors (Lipinski definition) is 3. The molecule has 2 N–H and O–H groups in total. The van der Waals surface area contributed by atoms with Gasteiger partial charge in [-0.05, 0) is 32.0 Å². The Morgan fingerprint density at radius 2 is 2.00 bits per heavy atom. The van der Waals surface area contributed by atoms with Gasteiger partial charge in [0.25, 0.3) is 0 Å². The van der Waals surface area contributed by atoms with Gasteiger partial charge in [-0.1, -0.05) is 17.7 Å². The number of hydrogen-bond donors (Lipinski definition) is 2. The minimum Gasteiger partial charge on any atom is -0.315 e. The minimum absolute atomic E-state index is 0.0197. The third-order valence-corrected chi connectivity index (χ3v) is 4.25. The van der Waals surface area contributed by atoms with Gasteiger partial charge in [-0.2, -0.15) is 0 Å². The van der Waals surface area contributed by atoms with E-state index in [-0.39, 0.29) is 6.04 Å². The van der Waals surface area contributed by atoms with Crippen LogP contribution >= 0.6 is 0 Å². The van der Waals surface area contributed by atoms with Crippen LogP contribution in [0.4, 0.5) is 0 Å². The zero-order chi connectivity index (χ0) is 11.6. The number of aryl methyl sites for hydroxylation is 1. The summed E-state index contributed by atoms with van der Waals surface area (Å²) in [5.74, 6) is 0. The van der Waals surface area contributed by atoms with Crippen molar-refractivity contribution in [1.29, 1.82) is 0 Å². The fraction of sp³-hybridized carbons (Fsp3) is 0.455. The van der Waals surface area contributed by atoms with Gasteiger partial charge >= 0.3 is 0 Å². The van der Waals surface area contributed by atoms with Gasteiger partial charge in [0, 0.05) is 12.6 Å². The molecule has 5 heteroatoms. The van der Waals surface area contributed by atoms with E-state index in [0.29, 0.717) is 11.4 Å². The molecule has 0 spiro atoms. The lowest BCUT2D eigenvalue weighted by atomic mass is 10.2. The van der Waals surface area contributed by atoms with Crippen LogP contribution in [0.2, 0.25) is 0 Å². The molecular weight excluding hydrogens is 224 g/mol. The molecule has 0 unspecified atom stereocenters. The van der Waals surface area contributed by atoms with Crippen LogP contribution in [0.15, 0.2) is 29.2 Å². The van der Waals surface area contributed by atoms with Gasteiger partial charge in [0.1, 0.15) is 0 Å². The number of nitrogens with one attached hydrogen (secondary N) is 2. The van der Waals surface area contributed by atoms with Gasteiger partial charge in [0.2, 0.25) is 10.0 Å². The first-order chi connectivity index (χ1) is 7.58. The topological polar surface area (TPSA) is 58.2 Å². The Labute approximate surface area is 96.1 Å². The van der Waals surface area contributed by atoms with Crippen molar-refractivity contribution in [3.8, 4) is 0 Å². The van der Waals surface area contributed by atoms with Gasteiger partial charge in [-0.15, -0.1) is 0 Å². The quantitative estimate of drug-likeness (QED) is 0.815. The van der Waals surface area contributed by atoms with E-state index in [9.17, 15) is 8.42 Å². The van der Waals surface area contributed by atoms with Crippen LogP contribution in [-0.2, 0) is 10.0 Å². The van der Waals surface area contributed by atoms with Crippen molar-refractivity contribution in [2.45, 2.75) is 24.3 Å². The molecule has 0 radical (unpaired) electrons. The van der Waals surface area contributed by atoms with E-state index in [1.54, 1.807) is 12.1 Å². The first-order valence-corrected chi connectivity index (χ1v) is 6.86. The Hall–Kier alpha value is -0.910. The summed E-state index contributed by atoms with van der Waals surface area (Å²) in [7, 11) is -3.35. The van der Waals surface area contributed by atoms with Crippen molar-refractivity contribution in [2.24, 2.45) is 0 Å². The second-order valence-electron chi connectivity index (χ2n) is 4.12. The van der Waals surface area contributed by atoms with Crippen LogP contribution in [0, 0.1) is 6.92 Å². The lowest BCUT2D eigenvalue weighted by molar-refractivity contribution is 0.560. The molecule has 1 aliphatic heterocycles. The lowest BCUT2D eigenvalue weighted by Crippen LogP contribution is -2.36. The molecule has 1 aromatic rings. The summed E-state index contributed by atoms with van der Waals surface area (Å²) in [5, 5.41) is 3.13. The van der Waals surface area contributed by atoms with E-state index in [1.807, 2.05) is 19.1 Å². The highest BCUT2D eigenvalue weighted by Crippen LogP contribution is 2.11. The van der Waals surface area contributed by atoms with Crippen LogP contribution in [0.5, 0.6) is 0 Å². The zero-order valence-corrected chi connectivity index (χ0v) is 10.0. The predicted octanol–water partition coefficient (Wildman–Crippen LogP) is 0.635. The highest BCUT2D eigenvalue weighted by atomic mass is 32.2. The minimum atomic E-state index is -3.35. The first-order valence-electron chi connectivity index (χ1n) is 5.38. The smallest absolute Gasteiger partial charge is 0.240 e. The van der Waals surface area contributed by atoms with E-state index < -0.39 is 10.0 Å². The average molecular weight is 240 g/mol. The largest absolute Gasteiger partial charge is 0.315 e. The normalized spacial score (nSPS) is 21.2. The number of benzene rings is 1. The molecule has 0 saturated carbocycles. The van der Waals surface area contributed by atoms with Crippen molar-refractivity contribution in [3.05, 3.63) is 29.8 Å². The van der Waals surface area contributed by atoms with Crippen molar-refractivity contribution < 1.29 is 8.42 Å². The van der Waals surface area contributed by atoms with Gasteiger partial charge in [-0.25, -0.2) is 13.1 Å². The van der Waals surface area contributed by atoms with Crippen molar-refractivity contribution in [3.63, 3.8) is 0 Å². The molecule has 2 rings (SSSR count). The number of sulfonamides is 1. The molecule has 1 fully saturated rings. The van der Waals surface area contributed by atoms with E-state index >= 15 is 0 Å². The third kappa shape index (κ3) is 2.61. The molecule has 0 aliphatic carbocycles. The van der Waals surface area contributed by atoms with Crippen molar-refractivity contribution in [2.75, 3.05) is 13.1 Å². The molecule has 1 saturated heterocycles. The van der Waals surface area contributed by atoms with E-state index in [4.69, 9.17) is 0 Å². The maximum Gasteiger partial charge on any atom is 0.240 e. The van der Waals surface area contributed by atoms with Crippen LogP contribution in [0.3, 0.4) is 0 Å². The Morgan fingerprint density at radius 3 is 2.56 bits per heavy atom. The molecule has 1 aromatic carbocycles. The molecule has 0 bridgehead atoms. The van der Waals surface area contributed by atoms with E-state index in [0.717, 1.165) is 18.5 Å². The fourth-order valence-corrected chi connectivity index (χ4v) is 3.03. The Bertz CT molecular complexity index is 447. The first kappa shape index (κ1) is 11.6. The summed E-state index contributed by atoms with van der Waals surface area (Å²) < 4.78 is 26.6. The molecule has 88 valence electrons. The Morgan fingerprint density at radius 1 is 1.31 bits per heavy atom. The summed E-state index contributed by atoms with van der Waals surface area (Å²) in [6, 6.07) is 6.91. The Balaban J connectivity index is 2.14. The molecule has 16 heavy (non-hydrogen) atoms. The highest BCUT2D eigenvalue weighted by Gasteiger charge is 2.22. The predicted molar refractivity (Wildman–Crippen MR) is 62.8 cm³/mol. The summed E-state index contributed by atoms with van der Waals surface area (Å²) in [6.45, 7) is 3.52. The van der Waals surface area contributed by atoms with E-state index in [1.165, 1.54) is 0 Å². The van der Waals surface area contributed by atoms with Gasteiger partial charge in [0.05, 0.1) is 4.90 Å². The van der Waals surface area contributed by atoms with Crippen molar-refractivity contribution >= 4 is 10.0 Å². The second kappa shape index (κ2) is 4.53. The maximum absolute atomic E-state index is 12.0. The van der Waals surface area contributed by atoms with Crippen LogP contribution in [0.25, 0.3) is 0 Å². The van der Waals surface area contributed by atoms with Crippen LogP contribution < -0.4 is 10.0 Å². The lowest BCUT2D eigenvalue weighted by Gasteiger charge is -2.11. The summed E-state index contributed by atoms with van der Waals surface area (Å²) in [6.07, 6.45) is 0.852. The van der Waals surface area contributed by atoms with Gasteiger partial charge < -0.3 is 5.32 Å². The van der Waals surface area contributed by atoms with Gasteiger partial charge in [0.15, 0.2) is 0 Å². The molecule has 1 heterocycles. The summed E-state index contributed by atoms with van der Waals surface area (Å²) in [5.41, 5.74) is 1.06. The SMILES string of the molecule is Cc1ccc(S(=O)(=O)N[C@@H]2CCNC2)cc1. The molecular formula is C11H16N2O2S. The number of rotatable bonds is 3. The van der Waals surface area contributed by atoms with Crippen molar-refractivity contribution in [1.82, 2.24) is 10.0 Å². The van der Waals surface area contributed by atoms with Crippen LogP contribution in [0.1, 0.15) is 12.0 Å². The highest BCUT2D eigenvalue weighted by molar-refractivity contribution is 7.89. The second-order valence-corrected chi connectivity index (χ2v) is 5.84. The molecule has 4 nitrogen and oxygen atoms in total. The average Bonchev–Trinajstić information content (AvgIpc) is 2.70. The molecule has 1 atom stereocenters. The third-order valence-electron chi connectivity index (χ3n) is 2.71. The summed E-state index contributed by atoms with van der Waals surface area (Å²) >= 11 is 0.